The third kappa shape index (κ3) is 4.87. The molecule has 19 heavy (non-hydrogen) atoms. The van der Waals surface area contributed by atoms with Crippen LogP contribution in [-0.4, -0.2) is 44.3 Å². The lowest BCUT2D eigenvalue weighted by Crippen LogP contribution is -2.44. The smallest absolute Gasteiger partial charge is 0.191 e. The zero-order valence-corrected chi connectivity index (χ0v) is 13.4. The number of nitrogens with zero attached hydrogens (tertiary/aromatic N) is 2. The monoisotopic (exact) mass is 377 g/mol. The van der Waals surface area contributed by atoms with Crippen LogP contribution in [-0.2, 0) is 11.3 Å². The van der Waals surface area contributed by atoms with Crippen LogP contribution in [0.2, 0.25) is 0 Å². The van der Waals surface area contributed by atoms with Crippen molar-refractivity contribution >= 4 is 29.9 Å². The molecule has 1 heterocycles. The molecule has 106 valence electrons. The van der Waals surface area contributed by atoms with Crippen molar-refractivity contribution in [2.75, 3.05) is 33.4 Å². The Kier molecular flexibility index (Phi) is 6.93. The van der Waals surface area contributed by atoms with Gasteiger partial charge in [0.15, 0.2) is 5.96 Å². The summed E-state index contributed by atoms with van der Waals surface area (Å²) in [4.78, 5) is 6.45. The third-order valence-corrected chi connectivity index (χ3v) is 2.92. The Morgan fingerprint density at radius 3 is 2.53 bits per heavy atom. The minimum atomic E-state index is 0. The van der Waals surface area contributed by atoms with Crippen LogP contribution in [0.5, 0.6) is 5.75 Å². The van der Waals surface area contributed by atoms with Crippen LogP contribution in [0.4, 0.5) is 0 Å². The Hall–Kier alpha value is -1.02. The van der Waals surface area contributed by atoms with Crippen molar-refractivity contribution < 1.29 is 9.47 Å². The molecule has 0 aliphatic carbocycles. The fourth-order valence-electron chi connectivity index (χ4n) is 1.80. The number of hydrogen-bond acceptors (Lipinski definition) is 3. The molecule has 6 heteroatoms. The highest BCUT2D eigenvalue weighted by Gasteiger charge is 2.11. The van der Waals surface area contributed by atoms with Gasteiger partial charge in [-0.15, -0.1) is 24.0 Å². The van der Waals surface area contributed by atoms with E-state index >= 15 is 0 Å². The van der Waals surface area contributed by atoms with Crippen LogP contribution in [0.1, 0.15) is 5.56 Å². The number of hydrogen-bond donors (Lipinski definition) is 1. The lowest BCUT2D eigenvalue weighted by atomic mass is 10.2. The molecule has 2 N–H and O–H groups in total. The van der Waals surface area contributed by atoms with Crippen LogP contribution in [0.15, 0.2) is 29.3 Å². The van der Waals surface area contributed by atoms with Gasteiger partial charge in [-0.2, -0.15) is 0 Å². The minimum Gasteiger partial charge on any atom is -0.497 e. The Morgan fingerprint density at radius 2 is 1.95 bits per heavy atom. The second-order valence-electron chi connectivity index (χ2n) is 4.12. The van der Waals surface area contributed by atoms with E-state index in [1.54, 1.807) is 7.11 Å². The molecule has 0 atom stereocenters. The summed E-state index contributed by atoms with van der Waals surface area (Å²) in [5.41, 5.74) is 7.07. The number of morpholine rings is 1. The second-order valence-corrected chi connectivity index (χ2v) is 4.12. The van der Waals surface area contributed by atoms with Crippen LogP contribution >= 0.6 is 24.0 Å². The Morgan fingerprint density at radius 1 is 1.32 bits per heavy atom. The molecule has 5 nitrogen and oxygen atoms in total. The molecule has 0 aromatic heterocycles. The van der Waals surface area contributed by atoms with Crippen molar-refractivity contribution in [1.29, 1.82) is 0 Å². The number of guanidine groups is 1. The van der Waals surface area contributed by atoms with Crippen molar-refractivity contribution in [3.8, 4) is 5.75 Å². The molecule has 1 aromatic carbocycles. The van der Waals surface area contributed by atoms with Gasteiger partial charge in [-0.1, -0.05) is 12.1 Å². The molecule has 1 saturated heterocycles. The van der Waals surface area contributed by atoms with E-state index in [0.29, 0.717) is 12.5 Å². The number of aliphatic imine (C=N–C) groups is 1. The van der Waals surface area contributed by atoms with Crippen LogP contribution in [0.3, 0.4) is 0 Å². The van der Waals surface area contributed by atoms with Crippen LogP contribution in [0, 0.1) is 0 Å². The van der Waals surface area contributed by atoms with Gasteiger partial charge in [-0.25, -0.2) is 4.99 Å². The highest BCUT2D eigenvalue weighted by atomic mass is 127. The summed E-state index contributed by atoms with van der Waals surface area (Å²) in [5.74, 6) is 1.44. The van der Waals surface area contributed by atoms with E-state index in [9.17, 15) is 0 Å². The van der Waals surface area contributed by atoms with Crippen molar-refractivity contribution in [3.63, 3.8) is 0 Å². The topological polar surface area (TPSA) is 60.1 Å². The lowest BCUT2D eigenvalue weighted by molar-refractivity contribution is 0.0674. The summed E-state index contributed by atoms with van der Waals surface area (Å²) in [5, 5.41) is 0. The van der Waals surface area contributed by atoms with E-state index in [2.05, 4.69) is 4.99 Å². The van der Waals surface area contributed by atoms with Gasteiger partial charge in [0, 0.05) is 13.1 Å². The summed E-state index contributed by atoms with van der Waals surface area (Å²) in [6.07, 6.45) is 0. The van der Waals surface area contributed by atoms with Gasteiger partial charge < -0.3 is 20.1 Å². The van der Waals surface area contributed by atoms with Crippen molar-refractivity contribution in [1.82, 2.24) is 4.90 Å². The molecule has 1 aromatic rings. The second kappa shape index (κ2) is 8.21. The maximum Gasteiger partial charge on any atom is 0.191 e. The molecule has 1 aliphatic rings. The number of rotatable bonds is 3. The largest absolute Gasteiger partial charge is 0.497 e. The van der Waals surface area contributed by atoms with Crippen molar-refractivity contribution in [3.05, 3.63) is 29.8 Å². The summed E-state index contributed by atoms with van der Waals surface area (Å²) in [6, 6.07) is 7.84. The highest BCUT2D eigenvalue weighted by Crippen LogP contribution is 2.12. The molecular weight excluding hydrogens is 357 g/mol. The number of nitrogens with two attached hydrogens (primary N) is 1. The quantitative estimate of drug-likeness (QED) is 0.492. The minimum absolute atomic E-state index is 0. The summed E-state index contributed by atoms with van der Waals surface area (Å²) in [6.45, 7) is 3.67. The lowest BCUT2D eigenvalue weighted by Gasteiger charge is -2.27. The zero-order valence-electron chi connectivity index (χ0n) is 11.0. The number of benzene rings is 1. The Bertz CT molecular complexity index is 403. The molecular formula is C13H20IN3O2. The maximum absolute atomic E-state index is 5.95. The molecule has 0 radical (unpaired) electrons. The number of halogens is 1. The fourth-order valence-corrected chi connectivity index (χ4v) is 1.80. The van der Waals surface area contributed by atoms with Gasteiger partial charge in [0.25, 0.3) is 0 Å². The number of methoxy groups -OCH3 is 1. The molecule has 1 fully saturated rings. The van der Waals surface area contributed by atoms with Gasteiger partial charge >= 0.3 is 0 Å². The average molecular weight is 377 g/mol. The summed E-state index contributed by atoms with van der Waals surface area (Å²) >= 11 is 0. The van der Waals surface area contributed by atoms with Crippen molar-refractivity contribution in [2.45, 2.75) is 6.54 Å². The molecule has 2 rings (SSSR count). The molecule has 0 unspecified atom stereocenters. The third-order valence-electron chi connectivity index (χ3n) is 2.92. The van der Waals surface area contributed by atoms with E-state index in [1.807, 2.05) is 29.2 Å². The fraction of sp³-hybridized carbons (Fsp3) is 0.462. The highest BCUT2D eigenvalue weighted by molar-refractivity contribution is 14.0. The Labute approximate surface area is 130 Å². The van der Waals surface area contributed by atoms with E-state index in [1.165, 1.54) is 0 Å². The van der Waals surface area contributed by atoms with Gasteiger partial charge in [0.1, 0.15) is 5.75 Å². The maximum atomic E-state index is 5.95. The first kappa shape index (κ1) is 16.0. The van der Waals surface area contributed by atoms with Crippen LogP contribution in [0.25, 0.3) is 0 Å². The standard InChI is InChI=1S/C13H19N3O2.HI/c1-17-12-4-2-11(3-5-12)10-15-13(14)16-6-8-18-9-7-16;/h2-5H,6-10H2,1H3,(H2,14,15);1H. The molecule has 0 bridgehead atoms. The molecule has 0 saturated carbocycles. The van der Waals surface area contributed by atoms with Gasteiger partial charge in [-0.3, -0.25) is 0 Å². The predicted molar refractivity (Wildman–Crippen MR) is 86.1 cm³/mol. The van der Waals surface area contributed by atoms with E-state index in [-0.39, 0.29) is 24.0 Å². The zero-order chi connectivity index (χ0) is 12.8. The molecule has 0 amide bonds. The molecule has 1 aliphatic heterocycles. The van der Waals surface area contributed by atoms with E-state index < -0.39 is 0 Å². The van der Waals surface area contributed by atoms with Gasteiger partial charge in [0.05, 0.1) is 26.9 Å². The summed E-state index contributed by atoms with van der Waals surface area (Å²) < 4.78 is 10.4. The first-order valence-electron chi connectivity index (χ1n) is 6.05. The molecule has 0 spiro atoms. The first-order chi connectivity index (χ1) is 8.79. The predicted octanol–water partition coefficient (Wildman–Crippen LogP) is 1.46. The normalized spacial score (nSPS) is 15.8. The van der Waals surface area contributed by atoms with E-state index in [0.717, 1.165) is 37.6 Å². The van der Waals surface area contributed by atoms with Crippen molar-refractivity contribution in [2.24, 2.45) is 10.7 Å². The summed E-state index contributed by atoms with van der Waals surface area (Å²) in [7, 11) is 1.66. The average Bonchev–Trinajstić information content (AvgIpc) is 2.46. The van der Waals surface area contributed by atoms with Crippen LogP contribution < -0.4 is 10.5 Å². The van der Waals surface area contributed by atoms with Gasteiger partial charge in [0.2, 0.25) is 0 Å². The Balaban J connectivity index is 0.00000180. The first-order valence-corrected chi connectivity index (χ1v) is 6.05. The SMILES string of the molecule is COc1ccc(CN=C(N)N2CCOCC2)cc1.I. The van der Waals surface area contributed by atoms with E-state index in [4.69, 9.17) is 15.2 Å². The number of ether oxygens (including phenoxy) is 2. The van der Waals surface area contributed by atoms with Gasteiger partial charge in [-0.05, 0) is 17.7 Å².